The molecule has 2 aliphatic carbocycles. The lowest BCUT2D eigenvalue weighted by Gasteiger charge is -2.12. The van der Waals surface area contributed by atoms with Gasteiger partial charge in [0.15, 0.2) is 0 Å². The number of nitrogens with two attached hydrogens (primary N) is 1. The first-order chi connectivity index (χ1) is 8.74. The summed E-state index contributed by atoms with van der Waals surface area (Å²) in [6.07, 6.45) is 9.35. The fourth-order valence-corrected chi connectivity index (χ4v) is 2.88. The maximum Gasteiger partial charge on any atom is 0.268 e. The molecule has 0 radical (unpaired) electrons. The third kappa shape index (κ3) is 2.37. The Kier molecular flexibility index (Phi) is 3.02. The lowest BCUT2D eigenvalue weighted by molar-refractivity contribution is 0.0938. The molecule has 2 aliphatic rings. The van der Waals surface area contributed by atoms with Crippen LogP contribution in [0.2, 0.25) is 0 Å². The molecule has 0 atom stereocenters. The molecule has 1 aromatic rings. The van der Waals surface area contributed by atoms with Gasteiger partial charge in [0.25, 0.3) is 5.91 Å². The van der Waals surface area contributed by atoms with Crippen molar-refractivity contribution in [1.29, 1.82) is 0 Å². The van der Waals surface area contributed by atoms with Gasteiger partial charge >= 0.3 is 0 Å². The number of hydrogen-bond donors (Lipinski definition) is 2. The van der Waals surface area contributed by atoms with E-state index in [1.807, 2.05) is 10.8 Å². The van der Waals surface area contributed by atoms with Crippen molar-refractivity contribution in [2.75, 3.05) is 12.3 Å². The van der Waals surface area contributed by atoms with Crippen LogP contribution in [0.1, 0.15) is 55.1 Å². The largest absolute Gasteiger partial charge is 0.397 e. The second-order valence-corrected chi connectivity index (χ2v) is 5.66. The molecule has 1 aromatic heterocycles. The summed E-state index contributed by atoms with van der Waals surface area (Å²) in [6.45, 7) is 0.814. The van der Waals surface area contributed by atoms with Gasteiger partial charge in [-0.1, -0.05) is 12.8 Å². The lowest BCUT2D eigenvalue weighted by atomic mass is 10.1. The van der Waals surface area contributed by atoms with E-state index in [2.05, 4.69) is 5.32 Å². The van der Waals surface area contributed by atoms with Gasteiger partial charge in [0.05, 0.1) is 5.69 Å². The van der Waals surface area contributed by atoms with Crippen LogP contribution in [0.5, 0.6) is 0 Å². The van der Waals surface area contributed by atoms with Gasteiger partial charge in [-0.2, -0.15) is 0 Å². The van der Waals surface area contributed by atoms with Gasteiger partial charge in [0.1, 0.15) is 5.69 Å². The van der Waals surface area contributed by atoms with Crippen LogP contribution in [0.3, 0.4) is 0 Å². The maximum atomic E-state index is 12.2. The average molecular weight is 247 g/mol. The topological polar surface area (TPSA) is 60.1 Å². The molecule has 2 fully saturated rings. The highest BCUT2D eigenvalue weighted by atomic mass is 16.1. The summed E-state index contributed by atoms with van der Waals surface area (Å²) in [4.78, 5) is 12.2. The fourth-order valence-electron chi connectivity index (χ4n) is 2.88. The summed E-state index contributed by atoms with van der Waals surface area (Å²) in [7, 11) is 0. The second-order valence-electron chi connectivity index (χ2n) is 5.66. The Morgan fingerprint density at radius 3 is 2.72 bits per heavy atom. The highest BCUT2D eigenvalue weighted by Crippen LogP contribution is 2.37. The monoisotopic (exact) mass is 247 g/mol. The number of amides is 1. The van der Waals surface area contributed by atoms with Crippen molar-refractivity contribution in [1.82, 2.24) is 9.88 Å². The van der Waals surface area contributed by atoms with E-state index in [1.54, 1.807) is 6.07 Å². The molecule has 18 heavy (non-hydrogen) atoms. The predicted molar refractivity (Wildman–Crippen MR) is 71.4 cm³/mol. The molecule has 0 bridgehead atoms. The molecule has 0 aromatic carbocycles. The molecule has 0 spiro atoms. The number of anilines is 1. The number of nitrogens with one attached hydrogen (secondary N) is 1. The van der Waals surface area contributed by atoms with Crippen LogP contribution >= 0.6 is 0 Å². The van der Waals surface area contributed by atoms with Gasteiger partial charge in [0, 0.05) is 18.8 Å². The average Bonchev–Trinajstić information content (AvgIpc) is 2.92. The van der Waals surface area contributed by atoms with Gasteiger partial charge in [-0.15, -0.1) is 0 Å². The van der Waals surface area contributed by atoms with E-state index in [0.717, 1.165) is 25.1 Å². The number of carbonyl (C=O) groups excluding carboxylic acids is 1. The summed E-state index contributed by atoms with van der Waals surface area (Å²) in [6, 6.07) is 2.29. The summed E-state index contributed by atoms with van der Waals surface area (Å²) in [5.74, 6) is 0.709. The zero-order chi connectivity index (χ0) is 12.5. The third-order valence-corrected chi connectivity index (χ3v) is 4.07. The van der Waals surface area contributed by atoms with Gasteiger partial charge in [-0.05, 0) is 37.7 Å². The number of nitrogens with zero attached hydrogens (tertiary/aromatic N) is 1. The van der Waals surface area contributed by atoms with Crippen molar-refractivity contribution in [3.8, 4) is 0 Å². The molecule has 4 heteroatoms. The van der Waals surface area contributed by atoms with Gasteiger partial charge in [0.2, 0.25) is 0 Å². The zero-order valence-electron chi connectivity index (χ0n) is 10.7. The number of hydrogen-bond acceptors (Lipinski definition) is 2. The summed E-state index contributed by atoms with van der Waals surface area (Å²) < 4.78 is 2.04. The summed E-state index contributed by atoms with van der Waals surface area (Å²) in [5, 5.41) is 3.06. The Balaban J connectivity index is 1.64. The fraction of sp³-hybridized carbons (Fsp3) is 0.643. The van der Waals surface area contributed by atoms with E-state index in [0.29, 0.717) is 17.6 Å². The molecule has 3 rings (SSSR count). The second kappa shape index (κ2) is 4.67. The molecule has 4 nitrogen and oxygen atoms in total. The molecule has 0 unspecified atom stereocenters. The zero-order valence-corrected chi connectivity index (χ0v) is 10.7. The van der Waals surface area contributed by atoms with Crippen LogP contribution in [0.15, 0.2) is 12.3 Å². The van der Waals surface area contributed by atoms with Crippen LogP contribution < -0.4 is 11.1 Å². The molecule has 1 amide bonds. The van der Waals surface area contributed by atoms with Crippen LogP contribution in [0.4, 0.5) is 5.69 Å². The van der Waals surface area contributed by atoms with Crippen LogP contribution in [-0.2, 0) is 0 Å². The van der Waals surface area contributed by atoms with Gasteiger partial charge < -0.3 is 15.6 Å². The molecule has 98 valence electrons. The highest BCUT2D eigenvalue weighted by Gasteiger charge is 2.28. The Morgan fingerprint density at radius 2 is 2.06 bits per heavy atom. The van der Waals surface area contributed by atoms with E-state index in [9.17, 15) is 4.79 Å². The standard InChI is InChI=1S/C14H21N3O/c15-11-7-13(17(9-11)12-5-6-12)14(18)16-8-10-3-1-2-4-10/h7,9-10,12H,1-6,8,15H2,(H,16,18). The van der Waals surface area contributed by atoms with Crippen LogP contribution in [0, 0.1) is 5.92 Å². The van der Waals surface area contributed by atoms with E-state index in [4.69, 9.17) is 5.73 Å². The van der Waals surface area contributed by atoms with E-state index >= 15 is 0 Å². The Hall–Kier alpha value is -1.45. The minimum absolute atomic E-state index is 0.0329. The number of nitrogen functional groups attached to an aromatic ring is 1. The first-order valence-corrected chi connectivity index (χ1v) is 6.99. The SMILES string of the molecule is Nc1cc(C(=O)NCC2CCCC2)n(C2CC2)c1. The predicted octanol–water partition coefficient (Wildman–Crippen LogP) is 2.33. The Bertz CT molecular complexity index is 442. The smallest absolute Gasteiger partial charge is 0.268 e. The van der Waals surface area contributed by atoms with Crippen LogP contribution in [-0.4, -0.2) is 17.0 Å². The molecule has 0 saturated heterocycles. The van der Waals surface area contributed by atoms with Crippen molar-refractivity contribution in [3.63, 3.8) is 0 Å². The summed E-state index contributed by atoms with van der Waals surface area (Å²) in [5.41, 5.74) is 7.22. The summed E-state index contributed by atoms with van der Waals surface area (Å²) >= 11 is 0. The third-order valence-electron chi connectivity index (χ3n) is 4.07. The normalized spacial score (nSPS) is 20.2. The number of aromatic nitrogens is 1. The first kappa shape index (κ1) is 11.6. The highest BCUT2D eigenvalue weighted by molar-refractivity contribution is 5.93. The van der Waals surface area contributed by atoms with Gasteiger partial charge in [-0.25, -0.2) is 0 Å². The first-order valence-electron chi connectivity index (χ1n) is 6.99. The maximum absolute atomic E-state index is 12.2. The molecule has 0 aliphatic heterocycles. The minimum Gasteiger partial charge on any atom is -0.397 e. The molecule has 3 N–H and O–H groups in total. The van der Waals surface area contributed by atoms with Crippen LogP contribution in [0.25, 0.3) is 0 Å². The van der Waals surface area contributed by atoms with Crippen molar-refractivity contribution in [2.45, 2.75) is 44.6 Å². The van der Waals surface area contributed by atoms with E-state index < -0.39 is 0 Å². The molecule has 1 heterocycles. The van der Waals surface area contributed by atoms with E-state index in [1.165, 1.54) is 25.7 Å². The molecular formula is C14H21N3O. The number of carbonyl (C=O) groups is 1. The van der Waals surface area contributed by atoms with Crippen molar-refractivity contribution in [2.24, 2.45) is 5.92 Å². The number of rotatable bonds is 4. The van der Waals surface area contributed by atoms with Gasteiger partial charge in [-0.3, -0.25) is 4.79 Å². The van der Waals surface area contributed by atoms with Crippen molar-refractivity contribution in [3.05, 3.63) is 18.0 Å². The minimum atomic E-state index is 0.0329. The molecule has 2 saturated carbocycles. The Labute approximate surface area is 108 Å². The van der Waals surface area contributed by atoms with Crippen molar-refractivity contribution < 1.29 is 4.79 Å². The quantitative estimate of drug-likeness (QED) is 0.857. The van der Waals surface area contributed by atoms with Crippen molar-refractivity contribution >= 4 is 11.6 Å². The molecular weight excluding hydrogens is 226 g/mol. The van der Waals surface area contributed by atoms with E-state index in [-0.39, 0.29) is 5.91 Å². The lowest BCUT2D eigenvalue weighted by Crippen LogP contribution is -2.29. The Morgan fingerprint density at radius 1 is 1.33 bits per heavy atom.